The lowest BCUT2D eigenvalue weighted by atomic mass is 9.86. The Labute approximate surface area is 155 Å². The van der Waals surface area contributed by atoms with Crippen LogP contribution >= 0.6 is 11.6 Å². The van der Waals surface area contributed by atoms with E-state index in [2.05, 4.69) is 10.6 Å². The van der Waals surface area contributed by atoms with Crippen LogP contribution in [0.25, 0.3) is 0 Å². The zero-order valence-electron chi connectivity index (χ0n) is 14.1. The number of hydrogen-bond acceptors (Lipinski definition) is 4. The van der Waals surface area contributed by atoms with Crippen LogP contribution < -0.4 is 15.5 Å². The van der Waals surface area contributed by atoms with Gasteiger partial charge in [-0.2, -0.15) is 0 Å². The number of benzene rings is 1. The molecule has 0 aliphatic carbocycles. The molecule has 2 fully saturated rings. The number of amides is 3. The Kier molecular flexibility index (Phi) is 5.33. The molecule has 0 unspecified atom stereocenters. The summed E-state index contributed by atoms with van der Waals surface area (Å²) < 4.78 is 5.29. The maximum atomic E-state index is 12.8. The molecule has 0 radical (unpaired) electrons. The third-order valence-electron chi connectivity index (χ3n) is 4.67. The highest BCUT2D eigenvalue weighted by Crippen LogP contribution is 2.29. The average Bonchev–Trinajstić information content (AvgIpc) is 3.01. The summed E-state index contributed by atoms with van der Waals surface area (Å²) in [5, 5.41) is 15.1. The Morgan fingerprint density at radius 2 is 2.08 bits per heavy atom. The summed E-state index contributed by atoms with van der Waals surface area (Å²) in [6, 6.07) is 4.40. The summed E-state index contributed by atoms with van der Waals surface area (Å²) in [7, 11) is 0. The van der Waals surface area contributed by atoms with Crippen molar-refractivity contribution in [3.8, 4) is 0 Å². The van der Waals surface area contributed by atoms with Crippen LogP contribution in [0.15, 0.2) is 18.2 Å². The Hall–Kier alpha value is -2.32. The second kappa shape index (κ2) is 7.51. The van der Waals surface area contributed by atoms with Crippen molar-refractivity contribution in [2.24, 2.45) is 0 Å². The summed E-state index contributed by atoms with van der Waals surface area (Å²) in [6.45, 7) is 1.76. The SMILES string of the molecule is O=C(O)CC1(NC(=O)c2ccc(Cl)c(N3CCNC3=O)c2)CCOCC1. The van der Waals surface area contributed by atoms with Crippen LogP contribution in [-0.4, -0.2) is 54.9 Å². The lowest BCUT2D eigenvalue weighted by Gasteiger charge is -2.36. The van der Waals surface area contributed by atoms with Crippen LogP contribution in [0, 0.1) is 0 Å². The smallest absolute Gasteiger partial charge is 0.322 e. The zero-order chi connectivity index (χ0) is 18.7. The minimum Gasteiger partial charge on any atom is -0.481 e. The predicted molar refractivity (Wildman–Crippen MR) is 94.7 cm³/mol. The molecular weight excluding hydrogens is 362 g/mol. The molecular formula is C17H20ClN3O5. The Bertz CT molecular complexity index is 733. The monoisotopic (exact) mass is 381 g/mol. The third-order valence-corrected chi connectivity index (χ3v) is 4.99. The molecule has 1 aromatic rings. The van der Waals surface area contributed by atoms with E-state index in [4.69, 9.17) is 16.3 Å². The summed E-state index contributed by atoms with van der Waals surface area (Å²) >= 11 is 6.19. The highest BCUT2D eigenvalue weighted by Gasteiger charge is 2.37. The van der Waals surface area contributed by atoms with Crippen molar-refractivity contribution in [3.05, 3.63) is 28.8 Å². The number of halogens is 1. The van der Waals surface area contributed by atoms with Crippen molar-refractivity contribution in [1.82, 2.24) is 10.6 Å². The number of urea groups is 1. The van der Waals surface area contributed by atoms with Gasteiger partial charge in [0.25, 0.3) is 5.91 Å². The number of nitrogens with one attached hydrogen (secondary N) is 2. The van der Waals surface area contributed by atoms with E-state index in [-0.39, 0.29) is 12.5 Å². The molecule has 26 heavy (non-hydrogen) atoms. The number of ether oxygens (including phenoxy) is 1. The van der Waals surface area contributed by atoms with Gasteiger partial charge in [0.1, 0.15) is 0 Å². The third kappa shape index (κ3) is 3.91. The first-order valence-corrected chi connectivity index (χ1v) is 8.75. The lowest BCUT2D eigenvalue weighted by molar-refractivity contribution is -0.139. The van der Waals surface area contributed by atoms with Gasteiger partial charge in [-0.3, -0.25) is 14.5 Å². The number of nitrogens with zero attached hydrogens (tertiary/aromatic N) is 1. The average molecular weight is 382 g/mol. The van der Waals surface area contributed by atoms with Gasteiger partial charge in [0.15, 0.2) is 0 Å². The fourth-order valence-corrected chi connectivity index (χ4v) is 3.49. The van der Waals surface area contributed by atoms with E-state index >= 15 is 0 Å². The van der Waals surface area contributed by atoms with E-state index in [0.29, 0.717) is 55.4 Å². The molecule has 0 saturated carbocycles. The fraction of sp³-hybridized carbons (Fsp3) is 0.471. The van der Waals surface area contributed by atoms with E-state index in [9.17, 15) is 19.5 Å². The van der Waals surface area contributed by atoms with Crippen LogP contribution in [0.4, 0.5) is 10.5 Å². The second-order valence-corrected chi connectivity index (χ2v) is 6.87. The first kappa shape index (κ1) is 18.5. The molecule has 2 heterocycles. The standard InChI is InChI=1S/C17H20ClN3O5/c18-12-2-1-11(9-13(12)21-6-5-19-16(21)25)15(24)20-17(10-14(22)23)3-7-26-8-4-17/h1-2,9H,3-8,10H2,(H,19,25)(H,20,24)(H,22,23). The van der Waals surface area contributed by atoms with Crippen molar-refractivity contribution in [1.29, 1.82) is 0 Å². The number of hydrogen-bond donors (Lipinski definition) is 3. The highest BCUT2D eigenvalue weighted by atomic mass is 35.5. The van der Waals surface area contributed by atoms with Gasteiger partial charge in [0.2, 0.25) is 0 Å². The van der Waals surface area contributed by atoms with Gasteiger partial charge in [-0.1, -0.05) is 11.6 Å². The minimum absolute atomic E-state index is 0.170. The molecule has 0 spiro atoms. The molecule has 2 saturated heterocycles. The first-order valence-electron chi connectivity index (χ1n) is 8.37. The van der Waals surface area contributed by atoms with Gasteiger partial charge >= 0.3 is 12.0 Å². The maximum absolute atomic E-state index is 12.8. The van der Waals surface area contributed by atoms with E-state index in [1.54, 1.807) is 18.2 Å². The number of rotatable bonds is 5. The number of carbonyl (C=O) groups is 3. The van der Waals surface area contributed by atoms with Crippen molar-refractivity contribution < 1.29 is 24.2 Å². The van der Waals surface area contributed by atoms with Crippen molar-refractivity contribution in [2.45, 2.75) is 24.8 Å². The second-order valence-electron chi connectivity index (χ2n) is 6.47. The highest BCUT2D eigenvalue weighted by molar-refractivity contribution is 6.34. The number of carboxylic acid groups (broad SMARTS) is 1. The predicted octanol–water partition coefficient (Wildman–Crippen LogP) is 1.62. The van der Waals surface area contributed by atoms with Crippen LogP contribution in [0.1, 0.15) is 29.6 Å². The summed E-state index contributed by atoms with van der Waals surface area (Å²) in [5.41, 5.74) is -0.0691. The quantitative estimate of drug-likeness (QED) is 0.718. The summed E-state index contributed by atoms with van der Waals surface area (Å²) in [4.78, 5) is 37.3. The van der Waals surface area contributed by atoms with E-state index < -0.39 is 17.4 Å². The normalized spacial score (nSPS) is 19.1. The number of carbonyl (C=O) groups excluding carboxylic acids is 2. The Morgan fingerprint density at radius 3 is 2.69 bits per heavy atom. The number of anilines is 1. The van der Waals surface area contributed by atoms with Crippen LogP contribution in [0.3, 0.4) is 0 Å². The number of carboxylic acids is 1. The van der Waals surface area contributed by atoms with Gasteiger partial charge in [0, 0.05) is 31.9 Å². The van der Waals surface area contributed by atoms with Crippen molar-refractivity contribution in [3.63, 3.8) is 0 Å². The molecule has 3 N–H and O–H groups in total. The molecule has 3 amide bonds. The van der Waals surface area contributed by atoms with Crippen molar-refractivity contribution >= 4 is 35.2 Å². The van der Waals surface area contributed by atoms with E-state index in [1.165, 1.54) is 4.90 Å². The van der Waals surface area contributed by atoms with Crippen LogP contribution in [0.2, 0.25) is 5.02 Å². The molecule has 9 heteroatoms. The zero-order valence-corrected chi connectivity index (χ0v) is 14.8. The first-order chi connectivity index (χ1) is 12.4. The largest absolute Gasteiger partial charge is 0.481 e. The minimum atomic E-state index is -0.974. The summed E-state index contributed by atoms with van der Waals surface area (Å²) in [6.07, 6.45) is 0.692. The molecule has 0 atom stereocenters. The Balaban J connectivity index is 1.82. The molecule has 2 aliphatic rings. The molecule has 140 valence electrons. The molecule has 0 aromatic heterocycles. The summed E-state index contributed by atoms with van der Waals surface area (Å²) in [5.74, 6) is -1.37. The molecule has 2 aliphatic heterocycles. The molecule has 3 rings (SSSR count). The lowest BCUT2D eigenvalue weighted by Crippen LogP contribution is -2.53. The van der Waals surface area contributed by atoms with Crippen molar-refractivity contribution in [2.75, 3.05) is 31.2 Å². The fourth-order valence-electron chi connectivity index (χ4n) is 3.27. The van der Waals surface area contributed by atoms with Gasteiger partial charge in [-0.05, 0) is 31.0 Å². The van der Waals surface area contributed by atoms with E-state index in [1.807, 2.05) is 0 Å². The number of aliphatic carboxylic acids is 1. The topological polar surface area (TPSA) is 108 Å². The maximum Gasteiger partial charge on any atom is 0.322 e. The molecule has 0 bridgehead atoms. The van der Waals surface area contributed by atoms with Crippen LogP contribution in [0.5, 0.6) is 0 Å². The van der Waals surface area contributed by atoms with Gasteiger partial charge in [-0.25, -0.2) is 4.79 Å². The molecule has 1 aromatic carbocycles. The van der Waals surface area contributed by atoms with Gasteiger partial charge in [0.05, 0.1) is 22.7 Å². The molecule has 8 nitrogen and oxygen atoms in total. The Morgan fingerprint density at radius 1 is 1.35 bits per heavy atom. The van der Waals surface area contributed by atoms with Gasteiger partial charge < -0.3 is 20.5 Å². The van der Waals surface area contributed by atoms with E-state index in [0.717, 1.165) is 0 Å². The van der Waals surface area contributed by atoms with Gasteiger partial charge in [-0.15, -0.1) is 0 Å². The van der Waals surface area contributed by atoms with Crippen LogP contribution in [-0.2, 0) is 9.53 Å².